The Labute approximate surface area is 134 Å². The molecule has 0 bridgehead atoms. The minimum absolute atomic E-state index is 0.186. The van der Waals surface area contributed by atoms with Crippen LogP contribution >= 0.6 is 11.3 Å². The normalized spacial score (nSPS) is 22.0. The molecule has 6 nitrogen and oxygen atoms in total. The van der Waals surface area contributed by atoms with E-state index in [0.717, 1.165) is 42.7 Å². The molecule has 0 spiro atoms. The van der Waals surface area contributed by atoms with Gasteiger partial charge in [0.25, 0.3) is 0 Å². The number of hydrogen-bond donors (Lipinski definition) is 0. The Morgan fingerprint density at radius 1 is 1.41 bits per heavy atom. The summed E-state index contributed by atoms with van der Waals surface area (Å²) in [6.45, 7) is 3.56. The predicted molar refractivity (Wildman–Crippen MR) is 83.6 cm³/mol. The van der Waals surface area contributed by atoms with Crippen LogP contribution in [0.2, 0.25) is 0 Å². The number of nitrogens with zero attached hydrogens (tertiary/aromatic N) is 5. The van der Waals surface area contributed by atoms with Gasteiger partial charge in [0.2, 0.25) is 0 Å². The van der Waals surface area contributed by atoms with Crippen molar-refractivity contribution in [2.75, 3.05) is 20.3 Å². The first-order valence-electron chi connectivity index (χ1n) is 7.88. The lowest BCUT2D eigenvalue weighted by Gasteiger charge is -2.33. The van der Waals surface area contributed by atoms with Gasteiger partial charge in [0, 0.05) is 38.2 Å². The molecular weight excluding hydrogens is 298 g/mol. The molecule has 7 heteroatoms. The summed E-state index contributed by atoms with van der Waals surface area (Å²) in [5.74, 6) is 0.819. The molecule has 0 radical (unpaired) electrons. The van der Waals surface area contributed by atoms with Crippen molar-refractivity contribution in [3.63, 3.8) is 0 Å². The molecule has 1 aliphatic carbocycles. The Hall–Kier alpha value is -1.31. The van der Waals surface area contributed by atoms with Gasteiger partial charge in [-0.3, -0.25) is 4.90 Å². The summed E-state index contributed by atoms with van der Waals surface area (Å²) in [4.78, 5) is 6.83. The van der Waals surface area contributed by atoms with Gasteiger partial charge in [-0.25, -0.2) is 9.67 Å². The molecule has 3 heterocycles. The van der Waals surface area contributed by atoms with Gasteiger partial charge < -0.3 is 4.74 Å². The van der Waals surface area contributed by atoms with Gasteiger partial charge in [0.05, 0.1) is 24.9 Å². The Bertz CT molecular complexity index is 622. The van der Waals surface area contributed by atoms with E-state index >= 15 is 0 Å². The van der Waals surface area contributed by atoms with E-state index in [0.29, 0.717) is 6.61 Å². The number of methoxy groups -OCH3 is 1. The van der Waals surface area contributed by atoms with Gasteiger partial charge in [-0.05, 0) is 18.8 Å². The van der Waals surface area contributed by atoms with E-state index in [1.54, 1.807) is 18.4 Å². The van der Waals surface area contributed by atoms with Crippen molar-refractivity contribution in [3.05, 3.63) is 28.0 Å². The lowest BCUT2D eigenvalue weighted by atomic mass is 10.0. The van der Waals surface area contributed by atoms with Crippen molar-refractivity contribution in [1.82, 2.24) is 24.9 Å². The fraction of sp³-hybridized carbons (Fsp3) is 0.667. The maximum absolute atomic E-state index is 5.45. The van der Waals surface area contributed by atoms with Gasteiger partial charge in [-0.1, -0.05) is 5.21 Å². The fourth-order valence-electron chi connectivity index (χ4n) is 3.17. The van der Waals surface area contributed by atoms with Crippen LogP contribution in [0.5, 0.6) is 0 Å². The van der Waals surface area contributed by atoms with Crippen LogP contribution in [0.25, 0.3) is 0 Å². The van der Waals surface area contributed by atoms with Gasteiger partial charge in [-0.2, -0.15) is 0 Å². The number of thiazole rings is 1. The van der Waals surface area contributed by atoms with E-state index in [1.807, 2.05) is 11.6 Å². The topological polar surface area (TPSA) is 56.1 Å². The highest BCUT2D eigenvalue weighted by molar-refractivity contribution is 7.09. The fourth-order valence-corrected chi connectivity index (χ4v) is 3.81. The third-order valence-corrected chi connectivity index (χ3v) is 5.30. The number of hydrogen-bond acceptors (Lipinski definition) is 6. The molecule has 0 unspecified atom stereocenters. The third kappa shape index (κ3) is 2.80. The van der Waals surface area contributed by atoms with Crippen LogP contribution in [0.15, 0.2) is 11.6 Å². The number of rotatable bonds is 6. The molecule has 2 aliphatic rings. The van der Waals surface area contributed by atoms with Crippen molar-refractivity contribution in [2.45, 2.75) is 38.4 Å². The Kier molecular flexibility index (Phi) is 3.94. The maximum atomic E-state index is 5.45. The van der Waals surface area contributed by atoms with Crippen molar-refractivity contribution < 1.29 is 4.74 Å². The molecule has 0 N–H and O–H groups in total. The number of fused-ring (bicyclic) bond motifs is 1. The monoisotopic (exact) mass is 319 g/mol. The van der Waals surface area contributed by atoms with Gasteiger partial charge in [0.15, 0.2) is 0 Å². The van der Waals surface area contributed by atoms with Crippen LogP contribution in [0.3, 0.4) is 0 Å². The van der Waals surface area contributed by atoms with Crippen LogP contribution in [0.4, 0.5) is 0 Å². The summed E-state index contributed by atoms with van der Waals surface area (Å²) in [5.41, 5.74) is 2.41. The van der Waals surface area contributed by atoms with Gasteiger partial charge in [0.1, 0.15) is 10.7 Å². The summed E-state index contributed by atoms with van der Waals surface area (Å²) < 4.78 is 7.59. The highest BCUT2D eigenvalue weighted by Crippen LogP contribution is 2.34. The summed E-state index contributed by atoms with van der Waals surface area (Å²) in [7, 11) is 1.75. The second kappa shape index (κ2) is 6.06. The van der Waals surface area contributed by atoms with Crippen LogP contribution in [-0.4, -0.2) is 45.1 Å². The van der Waals surface area contributed by atoms with E-state index in [4.69, 9.17) is 4.74 Å². The van der Waals surface area contributed by atoms with E-state index in [-0.39, 0.29) is 6.04 Å². The first-order chi connectivity index (χ1) is 10.8. The predicted octanol–water partition coefficient (Wildman–Crippen LogP) is 1.89. The smallest absolute Gasteiger partial charge is 0.107 e. The maximum Gasteiger partial charge on any atom is 0.107 e. The zero-order chi connectivity index (χ0) is 14.9. The first-order valence-corrected chi connectivity index (χ1v) is 8.76. The minimum Gasteiger partial charge on any atom is -0.383 e. The molecule has 2 aromatic heterocycles. The van der Waals surface area contributed by atoms with Crippen LogP contribution in [-0.2, 0) is 24.2 Å². The van der Waals surface area contributed by atoms with Crippen LogP contribution < -0.4 is 0 Å². The van der Waals surface area contributed by atoms with Gasteiger partial charge >= 0.3 is 0 Å². The van der Waals surface area contributed by atoms with Crippen molar-refractivity contribution in [1.29, 1.82) is 0 Å². The molecule has 0 amide bonds. The van der Waals surface area contributed by atoms with Crippen molar-refractivity contribution >= 4 is 11.3 Å². The molecule has 22 heavy (non-hydrogen) atoms. The Morgan fingerprint density at radius 2 is 2.32 bits per heavy atom. The van der Waals surface area contributed by atoms with E-state index < -0.39 is 0 Å². The molecule has 1 saturated carbocycles. The second-order valence-corrected chi connectivity index (χ2v) is 7.14. The molecule has 1 aliphatic heterocycles. The number of aromatic nitrogens is 4. The highest BCUT2D eigenvalue weighted by atomic mass is 32.1. The molecule has 118 valence electrons. The van der Waals surface area contributed by atoms with E-state index in [2.05, 4.69) is 24.9 Å². The molecule has 1 fully saturated rings. The van der Waals surface area contributed by atoms with Crippen molar-refractivity contribution in [3.8, 4) is 0 Å². The van der Waals surface area contributed by atoms with Crippen LogP contribution in [0.1, 0.15) is 35.3 Å². The van der Waals surface area contributed by atoms with Crippen LogP contribution in [0, 0.1) is 5.92 Å². The molecule has 2 aromatic rings. The molecular formula is C15H21N5OS. The van der Waals surface area contributed by atoms with E-state index in [1.165, 1.54) is 18.5 Å². The molecule has 4 rings (SSSR count). The molecule has 0 aromatic carbocycles. The third-order valence-electron chi connectivity index (χ3n) is 4.53. The first kappa shape index (κ1) is 14.3. The lowest BCUT2D eigenvalue weighted by molar-refractivity contribution is 0.0748. The molecule has 0 saturated heterocycles. The van der Waals surface area contributed by atoms with E-state index in [9.17, 15) is 0 Å². The summed E-state index contributed by atoms with van der Waals surface area (Å²) in [6.07, 6.45) is 5.56. The zero-order valence-electron chi connectivity index (χ0n) is 12.8. The molecule has 1 atom stereocenters. The largest absolute Gasteiger partial charge is 0.383 e. The lowest BCUT2D eigenvalue weighted by Crippen LogP contribution is -2.38. The minimum atomic E-state index is 0.186. The van der Waals surface area contributed by atoms with Crippen molar-refractivity contribution in [2.24, 2.45) is 5.92 Å². The summed E-state index contributed by atoms with van der Waals surface area (Å²) in [6, 6.07) is 0.186. The number of ether oxygens (including phenoxy) is 1. The Balaban J connectivity index is 1.57. The standard InChI is InChI=1S/C15H21N5OS/c1-21-10-13-15-12(20(18-17-15)8-11-2-3-11)4-6-19(13)9-14-16-5-7-22-14/h5,7,11,13H,2-4,6,8-10H2,1H3/t13-/m1/s1. The average Bonchev–Trinajstić information content (AvgIpc) is 3.02. The quantitative estimate of drug-likeness (QED) is 0.814. The highest BCUT2D eigenvalue weighted by Gasteiger charge is 2.33. The zero-order valence-corrected chi connectivity index (χ0v) is 13.6. The van der Waals surface area contributed by atoms with Gasteiger partial charge in [-0.15, -0.1) is 16.4 Å². The average molecular weight is 319 g/mol. The Morgan fingerprint density at radius 3 is 3.05 bits per heavy atom. The summed E-state index contributed by atoms with van der Waals surface area (Å²) >= 11 is 1.71. The SMILES string of the molecule is COC[C@@H]1c2nnn(CC3CC3)c2CCN1Cc1nccs1. The second-order valence-electron chi connectivity index (χ2n) is 6.16. The summed E-state index contributed by atoms with van der Waals surface area (Å²) in [5, 5.41) is 12.1.